The van der Waals surface area contributed by atoms with Crippen molar-refractivity contribution >= 4 is 5.97 Å². The molecule has 2 rings (SSSR count). The van der Waals surface area contributed by atoms with Gasteiger partial charge in [0.25, 0.3) is 0 Å². The molecule has 18 heavy (non-hydrogen) atoms. The van der Waals surface area contributed by atoms with Crippen molar-refractivity contribution in [2.75, 3.05) is 0 Å². The Kier molecular flexibility index (Phi) is 5.96. The van der Waals surface area contributed by atoms with Gasteiger partial charge in [0, 0.05) is 24.4 Å². The van der Waals surface area contributed by atoms with Crippen molar-refractivity contribution in [3.8, 4) is 11.4 Å². The average Bonchev–Trinajstić information content (AvgIpc) is 2.41. The van der Waals surface area contributed by atoms with E-state index in [4.69, 9.17) is 5.11 Å². The van der Waals surface area contributed by atoms with Crippen LogP contribution in [0.3, 0.4) is 0 Å². The molecule has 0 saturated heterocycles. The zero-order valence-corrected chi connectivity index (χ0v) is 10.0. The first kappa shape index (κ1) is 13.7. The van der Waals surface area contributed by atoms with Crippen LogP contribution in [-0.4, -0.2) is 31.2 Å². The van der Waals surface area contributed by atoms with Crippen LogP contribution < -0.4 is 0 Å². The van der Waals surface area contributed by atoms with Crippen molar-refractivity contribution in [1.29, 1.82) is 0 Å². The van der Waals surface area contributed by atoms with Crippen LogP contribution in [0.2, 0.25) is 0 Å². The Morgan fingerprint density at radius 3 is 2.39 bits per heavy atom. The summed E-state index contributed by atoms with van der Waals surface area (Å²) >= 11 is 0. The average molecular weight is 246 g/mol. The lowest BCUT2D eigenvalue weighted by molar-refractivity contribution is -0.137. The van der Waals surface area contributed by atoms with Gasteiger partial charge < -0.3 is 5.11 Å². The molecule has 0 fully saturated rings. The molecule has 0 spiro atoms. The topological polar surface area (TPSA) is 88.9 Å². The summed E-state index contributed by atoms with van der Waals surface area (Å²) in [6.07, 6.45) is 7.67. The number of hydrogen-bond donors (Lipinski definition) is 1. The predicted octanol–water partition coefficient (Wildman–Crippen LogP) is 1.80. The second kappa shape index (κ2) is 7.83. The Balaban J connectivity index is 0.000000232. The van der Waals surface area contributed by atoms with Gasteiger partial charge in [-0.2, -0.15) is 10.2 Å². The van der Waals surface area contributed by atoms with Crippen molar-refractivity contribution < 1.29 is 9.90 Å². The summed E-state index contributed by atoms with van der Waals surface area (Å²) in [7, 11) is 0. The minimum atomic E-state index is -0.711. The smallest absolute Gasteiger partial charge is 0.303 e. The third kappa shape index (κ3) is 5.11. The fourth-order valence-electron chi connectivity index (χ4n) is 1.08. The molecule has 2 aromatic heterocycles. The monoisotopic (exact) mass is 246 g/mol. The van der Waals surface area contributed by atoms with Crippen molar-refractivity contribution in [3.05, 3.63) is 36.9 Å². The fourth-order valence-corrected chi connectivity index (χ4v) is 1.08. The second-order valence-electron chi connectivity index (χ2n) is 3.35. The van der Waals surface area contributed by atoms with Gasteiger partial charge in [0.15, 0.2) is 5.82 Å². The molecule has 6 heteroatoms. The first-order valence-corrected chi connectivity index (χ1v) is 5.50. The van der Waals surface area contributed by atoms with Crippen molar-refractivity contribution in [1.82, 2.24) is 20.2 Å². The summed E-state index contributed by atoms with van der Waals surface area (Å²) in [6.45, 7) is 1.84. The van der Waals surface area contributed by atoms with E-state index in [9.17, 15) is 4.79 Å². The Bertz CT molecular complexity index is 425. The standard InChI is InChI=1S/C8H6N4.C4H8O2/c1-3-9-8(10-4-1)7-2-5-11-12-6-7;1-2-3-4(5)6/h1-6H;2-3H2,1H3,(H,5,6). The molecule has 0 atom stereocenters. The van der Waals surface area contributed by atoms with E-state index in [1.54, 1.807) is 30.9 Å². The van der Waals surface area contributed by atoms with Gasteiger partial charge in [0.05, 0.1) is 12.4 Å². The minimum Gasteiger partial charge on any atom is -0.481 e. The Morgan fingerprint density at radius 1 is 1.22 bits per heavy atom. The van der Waals surface area contributed by atoms with Gasteiger partial charge in [0.1, 0.15) is 0 Å². The lowest BCUT2D eigenvalue weighted by Gasteiger charge is -1.94. The van der Waals surface area contributed by atoms with Crippen molar-refractivity contribution in [2.24, 2.45) is 0 Å². The number of aromatic nitrogens is 4. The highest BCUT2D eigenvalue weighted by Crippen LogP contribution is 2.08. The fraction of sp³-hybridized carbons (Fsp3) is 0.250. The molecule has 0 saturated carbocycles. The second-order valence-corrected chi connectivity index (χ2v) is 3.35. The van der Waals surface area contributed by atoms with E-state index in [0.717, 1.165) is 12.0 Å². The van der Waals surface area contributed by atoms with Gasteiger partial charge in [-0.05, 0) is 18.6 Å². The van der Waals surface area contributed by atoms with Gasteiger partial charge in [-0.1, -0.05) is 6.92 Å². The van der Waals surface area contributed by atoms with Gasteiger partial charge >= 0.3 is 5.97 Å². The first-order valence-electron chi connectivity index (χ1n) is 5.50. The van der Waals surface area contributed by atoms with E-state index >= 15 is 0 Å². The Hall–Kier alpha value is -2.37. The maximum absolute atomic E-state index is 9.60. The minimum absolute atomic E-state index is 0.292. The van der Waals surface area contributed by atoms with Crippen molar-refractivity contribution in [2.45, 2.75) is 19.8 Å². The van der Waals surface area contributed by atoms with Crippen LogP contribution in [0.4, 0.5) is 0 Å². The SMILES string of the molecule is CCCC(=O)O.c1cnc(-c2ccnnc2)nc1. The maximum Gasteiger partial charge on any atom is 0.303 e. The lowest BCUT2D eigenvalue weighted by Crippen LogP contribution is -1.90. The highest BCUT2D eigenvalue weighted by atomic mass is 16.4. The van der Waals surface area contributed by atoms with E-state index < -0.39 is 5.97 Å². The molecule has 0 bridgehead atoms. The largest absolute Gasteiger partial charge is 0.481 e. The predicted molar refractivity (Wildman–Crippen MR) is 65.6 cm³/mol. The third-order valence-corrected chi connectivity index (χ3v) is 1.87. The van der Waals surface area contributed by atoms with E-state index in [-0.39, 0.29) is 0 Å². The molecule has 0 aliphatic carbocycles. The van der Waals surface area contributed by atoms with Gasteiger partial charge in [-0.25, -0.2) is 9.97 Å². The van der Waals surface area contributed by atoms with E-state index in [1.807, 2.05) is 13.0 Å². The van der Waals surface area contributed by atoms with Gasteiger partial charge in [0.2, 0.25) is 0 Å². The van der Waals surface area contributed by atoms with Crippen LogP contribution in [0.15, 0.2) is 36.9 Å². The van der Waals surface area contributed by atoms with Crippen LogP contribution in [0.5, 0.6) is 0 Å². The molecule has 2 heterocycles. The number of rotatable bonds is 3. The molecule has 1 N–H and O–H groups in total. The molecular weight excluding hydrogens is 232 g/mol. The molecule has 0 amide bonds. The normalized spacial score (nSPS) is 9.17. The number of hydrogen-bond acceptors (Lipinski definition) is 5. The quantitative estimate of drug-likeness (QED) is 0.888. The summed E-state index contributed by atoms with van der Waals surface area (Å²) in [5.74, 6) is -0.0371. The van der Waals surface area contributed by atoms with E-state index in [2.05, 4.69) is 20.2 Å². The molecule has 2 aromatic rings. The van der Waals surface area contributed by atoms with Crippen molar-refractivity contribution in [3.63, 3.8) is 0 Å². The molecule has 0 aromatic carbocycles. The number of carboxylic acid groups (broad SMARTS) is 1. The molecule has 94 valence electrons. The van der Waals surface area contributed by atoms with Crippen LogP contribution in [0.25, 0.3) is 11.4 Å². The third-order valence-electron chi connectivity index (χ3n) is 1.87. The summed E-state index contributed by atoms with van der Waals surface area (Å²) in [5, 5.41) is 15.3. The summed E-state index contributed by atoms with van der Waals surface area (Å²) in [4.78, 5) is 17.7. The molecule has 0 radical (unpaired) electrons. The summed E-state index contributed by atoms with van der Waals surface area (Å²) in [5.41, 5.74) is 0.880. The summed E-state index contributed by atoms with van der Waals surface area (Å²) < 4.78 is 0. The molecule has 0 unspecified atom stereocenters. The number of aliphatic carboxylic acids is 1. The highest BCUT2D eigenvalue weighted by Gasteiger charge is 1.97. The molecule has 0 aliphatic rings. The zero-order valence-electron chi connectivity index (χ0n) is 10.0. The highest BCUT2D eigenvalue weighted by molar-refractivity contribution is 5.66. The first-order chi connectivity index (χ1) is 8.74. The van der Waals surface area contributed by atoms with Crippen LogP contribution in [-0.2, 0) is 4.79 Å². The Morgan fingerprint density at radius 2 is 1.94 bits per heavy atom. The van der Waals surface area contributed by atoms with E-state index in [0.29, 0.717) is 12.2 Å². The molecule has 0 aliphatic heterocycles. The number of carbonyl (C=O) groups is 1. The zero-order chi connectivity index (χ0) is 13.2. The maximum atomic E-state index is 9.60. The van der Waals surface area contributed by atoms with Crippen LogP contribution in [0, 0.1) is 0 Å². The number of nitrogens with zero attached hydrogens (tertiary/aromatic N) is 4. The molecular formula is C12H14N4O2. The summed E-state index contributed by atoms with van der Waals surface area (Å²) in [6, 6.07) is 3.60. The van der Waals surface area contributed by atoms with E-state index in [1.165, 1.54) is 0 Å². The van der Waals surface area contributed by atoms with Crippen LogP contribution in [0.1, 0.15) is 19.8 Å². The van der Waals surface area contributed by atoms with Gasteiger partial charge in [-0.3, -0.25) is 4.79 Å². The molecule has 6 nitrogen and oxygen atoms in total. The number of carboxylic acids is 1. The van der Waals surface area contributed by atoms with Crippen LogP contribution >= 0.6 is 0 Å². The van der Waals surface area contributed by atoms with Gasteiger partial charge in [-0.15, -0.1) is 0 Å². The lowest BCUT2D eigenvalue weighted by atomic mass is 10.3. The Labute approximate surface area is 105 Å².